The predicted octanol–water partition coefficient (Wildman–Crippen LogP) is 4.22. The van der Waals surface area contributed by atoms with Crippen LogP contribution in [0, 0.1) is 0 Å². The average Bonchev–Trinajstić information content (AvgIpc) is 2.68. The number of hydrogen-bond donors (Lipinski definition) is 2. The van der Waals surface area contributed by atoms with Crippen LogP contribution >= 0.6 is 23.4 Å². The topological polar surface area (TPSA) is 53.6 Å². The molecule has 1 aliphatic heterocycles. The van der Waals surface area contributed by atoms with Gasteiger partial charge in [0.1, 0.15) is 5.75 Å². The van der Waals surface area contributed by atoms with Gasteiger partial charge in [0.2, 0.25) is 0 Å². The number of methoxy groups -OCH3 is 1. The summed E-state index contributed by atoms with van der Waals surface area (Å²) in [5.74, 6) is 2.93. The number of ether oxygens (including phenoxy) is 1. The Morgan fingerprint density at radius 1 is 1.19 bits per heavy atom. The zero-order chi connectivity index (χ0) is 18.4. The quantitative estimate of drug-likeness (QED) is 0.801. The summed E-state index contributed by atoms with van der Waals surface area (Å²) in [4.78, 5) is 14.5. The van der Waals surface area contributed by atoms with E-state index < -0.39 is 0 Å². The summed E-state index contributed by atoms with van der Waals surface area (Å²) in [7, 11) is 1.55. The molecular weight excluding hydrogens is 370 g/mol. The highest BCUT2D eigenvalue weighted by Gasteiger charge is 2.11. The lowest BCUT2D eigenvalue weighted by atomic mass is 10.2. The molecular formula is C19H22ClN3O2S. The van der Waals surface area contributed by atoms with Gasteiger partial charge >= 0.3 is 6.03 Å². The van der Waals surface area contributed by atoms with E-state index in [9.17, 15) is 4.79 Å². The Morgan fingerprint density at radius 2 is 1.92 bits per heavy atom. The van der Waals surface area contributed by atoms with Crippen LogP contribution in [-0.4, -0.2) is 37.7 Å². The van der Waals surface area contributed by atoms with Crippen LogP contribution in [0.1, 0.15) is 5.56 Å². The van der Waals surface area contributed by atoms with Gasteiger partial charge in [-0.25, -0.2) is 4.79 Å². The van der Waals surface area contributed by atoms with Crippen LogP contribution < -0.4 is 20.3 Å². The van der Waals surface area contributed by atoms with E-state index in [0.717, 1.165) is 18.7 Å². The van der Waals surface area contributed by atoms with Gasteiger partial charge in [-0.2, -0.15) is 11.8 Å². The maximum Gasteiger partial charge on any atom is 0.319 e. The van der Waals surface area contributed by atoms with E-state index in [-0.39, 0.29) is 6.03 Å². The number of hydrogen-bond acceptors (Lipinski definition) is 4. The number of halogens is 1. The Bertz CT molecular complexity index is 749. The van der Waals surface area contributed by atoms with Crippen molar-refractivity contribution in [1.29, 1.82) is 0 Å². The molecule has 0 aromatic heterocycles. The summed E-state index contributed by atoms with van der Waals surface area (Å²) in [5.41, 5.74) is 2.92. The van der Waals surface area contributed by atoms with Crippen LogP contribution in [0.25, 0.3) is 0 Å². The van der Waals surface area contributed by atoms with Crippen molar-refractivity contribution in [1.82, 2.24) is 5.32 Å². The molecule has 1 saturated heterocycles. The van der Waals surface area contributed by atoms with Crippen molar-refractivity contribution in [2.75, 3.05) is 41.9 Å². The molecule has 1 heterocycles. The SMILES string of the molecule is COc1ccc(NC(=O)NCc2ccc(N3CCSCC3)cc2)cc1Cl. The molecule has 3 rings (SSSR count). The van der Waals surface area contributed by atoms with Gasteiger partial charge in [-0.05, 0) is 35.9 Å². The first-order chi connectivity index (χ1) is 12.7. The fourth-order valence-electron chi connectivity index (χ4n) is 2.75. The molecule has 2 aromatic rings. The second-order valence-electron chi connectivity index (χ2n) is 5.92. The number of nitrogens with zero attached hydrogens (tertiary/aromatic N) is 1. The Hall–Kier alpha value is -2.05. The molecule has 2 amide bonds. The van der Waals surface area contributed by atoms with Crippen LogP contribution in [0.4, 0.5) is 16.2 Å². The summed E-state index contributed by atoms with van der Waals surface area (Å²) in [6, 6.07) is 13.2. The van der Waals surface area contributed by atoms with E-state index >= 15 is 0 Å². The number of carbonyl (C=O) groups is 1. The highest BCUT2D eigenvalue weighted by atomic mass is 35.5. The van der Waals surface area contributed by atoms with Gasteiger partial charge in [0.25, 0.3) is 0 Å². The third kappa shape index (κ3) is 4.99. The molecule has 0 aliphatic carbocycles. The molecule has 0 radical (unpaired) electrons. The first-order valence-electron chi connectivity index (χ1n) is 8.46. The number of benzene rings is 2. The van der Waals surface area contributed by atoms with E-state index in [1.807, 2.05) is 11.8 Å². The standard InChI is InChI=1S/C19H22ClN3O2S/c1-25-18-7-4-15(12-17(18)20)22-19(24)21-13-14-2-5-16(6-3-14)23-8-10-26-11-9-23/h2-7,12H,8-11,13H2,1H3,(H2,21,22,24). The number of rotatable bonds is 5. The van der Waals surface area contributed by atoms with Crippen molar-refractivity contribution in [3.63, 3.8) is 0 Å². The zero-order valence-electron chi connectivity index (χ0n) is 14.6. The Balaban J connectivity index is 1.50. The van der Waals surface area contributed by atoms with Crippen molar-refractivity contribution in [2.24, 2.45) is 0 Å². The minimum Gasteiger partial charge on any atom is -0.495 e. The fraction of sp³-hybridized carbons (Fsp3) is 0.316. The molecule has 0 bridgehead atoms. The maximum atomic E-state index is 12.1. The van der Waals surface area contributed by atoms with Gasteiger partial charge in [0.05, 0.1) is 12.1 Å². The highest BCUT2D eigenvalue weighted by Crippen LogP contribution is 2.27. The van der Waals surface area contributed by atoms with Gasteiger partial charge in [-0.15, -0.1) is 0 Å². The minimum absolute atomic E-state index is 0.275. The minimum atomic E-state index is -0.275. The van der Waals surface area contributed by atoms with Crippen LogP contribution in [0.5, 0.6) is 5.75 Å². The molecule has 0 unspecified atom stereocenters. The molecule has 1 aliphatic rings. The van der Waals surface area contributed by atoms with E-state index in [1.54, 1.807) is 25.3 Å². The molecule has 138 valence electrons. The van der Waals surface area contributed by atoms with Gasteiger partial charge in [0, 0.05) is 42.5 Å². The van der Waals surface area contributed by atoms with Crippen LogP contribution in [-0.2, 0) is 6.54 Å². The number of carbonyl (C=O) groups excluding carboxylic acids is 1. The number of thioether (sulfide) groups is 1. The van der Waals surface area contributed by atoms with E-state index in [4.69, 9.17) is 16.3 Å². The molecule has 0 saturated carbocycles. The molecule has 1 fully saturated rings. The molecule has 0 atom stereocenters. The normalized spacial score (nSPS) is 14.0. The number of amides is 2. The second kappa shape index (κ2) is 9.05. The molecule has 26 heavy (non-hydrogen) atoms. The van der Waals surface area contributed by atoms with Crippen molar-refractivity contribution in [3.8, 4) is 5.75 Å². The molecule has 2 N–H and O–H groups in total. The van der Waals surface area contributed by atoms with Crippen LogP contribution in [0.15, 0.2) is 42.5 Å². The molecule has 5 nitrogen and oxygen atoms in total. The predicted molar refractivity (Wildman–Crippen MR) is 110 cm³/mol. The van der Waals surface area contributed by atoms with E-state index in [1.165, 1.54) is 17.2 Å². The van der Waals surface area contributed by atoms with Gasteiger partial charge in [0.15, 0.2) is 0 Å². The second-order valence-corrected chi connectivity index (χ2v) is 7.55. The highest BCUT2D eigenvalue weighted by molar-refractivity contribution is 7.99. The summed E-state index contributed by atoms with van der Waals surface area (Å²) >= 11 is 8.06. The maximum absolute atomic E-state index is 12.1. The van der Waals surface area contributed by atoms with Gasteiger partial charge in [-0.3, -0.25) is 0 Å². The fourth-order valence-corrected chi connectivity index (χ4v) is 3.91. The average molecular weight is 392 g/mol. The van der Waals surface area contributed by atoms with Crippen molar-refractivity contribution < 1.29 is 9.53 Å². The molecule has 0 spiro atoms. The smallest absolute Gasteiger partial charge is 0.319 e. The lowest BCUT2D eigenvalue weighted by Crippen LogP contribution is -2.32. The van der Waals surface area contributed by atoms with Gasteiger partial charge in [-0.1, -0.05) is 23.7 Å². The third-order valence-corrected chi connectivity index (χ3v) is 5.41. The number of nitrogens with one attached hydrogen (secondary N) is 2. The lowest BCUT2D eigenvalue weighted by Gasteiger charge is -2.28. The Kier molecular flexibility index (Phi) is 6.52. The van der Waals surface area contributed by atoms with E-state index in [2.05, 4.69) is 39.8 Å². The van der Waals surface area contributed by atoms with Crippen LogP contribution in [0.2, 0.25) is 5.02 Å². The van der Waals surface area contributed by atoms with Crippen LogP contribution in [0.3, 0.4) is 0 Å². The largest absolute Gasteiger partial charge is 0.495 e. The zero-order valence-corrected chi connectivity index (χ0v) is 16.2. The lowest BCUT2D eigenvalue weighted by molar-refractivity contribution is 0.251. The molecule has 7 heteroatoms. The first-order valence-corrected chi connectivity index (χ1v) is 9.99. The van der Waals surface area contributed by atoms with Crippen molar-refractivity contribution in [3.05, 3.63) is 53.1 Å². The molecule has 2 aromatic carbocycles. The first kappa shape index (κ1) is 18.7. The van der Waals surface area contributed by atoms with Crippen molar-refractivity contribution in [2.45, 2.75) is 6.54 Å². The number of anilines is 2. The van der Waals surface area contributed by atoms with Crippen molar-refractivity contribution >= 4 is 40.8 Å². The summed E-state index contributed by atoms with van der Waals surface area (Å²) in [6.07, 6.45) is 0. The Labute approximate surface area is 163 Å². The van der Waals surface area contributed by atoms with Gasteiger partial charge < -0.3 is 20.3 Å². The summed E-state index contributed by atoms with van der Waals surface area (Å²) in [5, 5.41) is 6.08. The van der Waals surface area contributed by atoms with E-state index in [0.29, 0.717) is 23.0 Å². The number of urea groups is 1. The summed E-state index contributed by atoms with van der Waals surface area (Å²) in [6.45, 7) is 2.65. The third-order valence-electron chi connectivity index (χ3n) is 4.18. The Morgan fingerprint density at radius 3 is 2.58 bits per heavy atom. The summed E-state index contributed by atoms with van der Waals surface area (Å²) < 4.78 is 5.10. The monoisotopic (exact) mass is 391 g/mol.